The molecule has 13 heavy (non-hydrogen) atoms. The topological polar surface area (TPSA) is 42.1 Å². The van der Waals surface area contributed by atoms with Gasteiger partial charge in [0.25, 0.3) is 0 Å². The molecule has 0 spiro atoms. The molecule has 3 rings (SSSR count). The Kier molecular flexibility index (Phi) is 1.43. The van der Waals surface area contributed by atoms with Gasteiger partial charge >= 0.3 is 0 Å². The van der Waals surface area contributed by atoms with Crippen molar-refractivity contribution in [1.29, 1.82) is 0 Å². The maximum Gasteiger partial charge on any atom is 0.164 e. The molecule has 3 fully saturated rings. The first-order chi connectivity index (χ1) is 6.22. The normalized spacial score (nSPS) is 52.5. The molecule has 1 saturated carbocycles. The zero-order valence-electron chi connectivity index (χ0n) is 7.79. The molecular formula is C10H14O3. The molecule has 0 N–H and O–H groups in total. The third-order valence-corrected chi connectivity index (χ3v) is 3.71. The van der Waals surface area contributed by atoms with E-state index in [-0.39, 0.29) is 5.78 Å². The fourth-order valence-electron chi connectivity index (χ4n) is 2.63. The number of fused-ring (bicyclic) bond motifs is 1. The quantitative estimate of drug-likeness (QED) is 0.596. The molecule has 4 atom stereocenters. The summed E-state index contributed by atoms with van der Waals surface area (Å²) in [6, 6.07) is 0. The number of ether oxygens (including phenoxy) is 2. The zero-order chi connectivity index (χ0) is 9.05. The summed E-state index contributed by atoms with van der Waals surface area (Å²) in [5.41, 5.74) is -0.392. The SMILES string of the molecule is CC(=O)C1(C2CCC3OC3C2)CO1. The minimum Gasteiger partial charge on any atom is -0.370 e. The van der Waals surface area contributed by atoms with Crippen LogP contribution in [0.25, 0.3) is 0 Å². The van der Waals surface area contributed by atoms with E-state index in [0.717, 1.165) is 19.3 Å². The van der Waals surface area contributed by atoms with Crippen LogP contribution in [-0.2, 0) is 14.3 Å². The first kappa shape index (κ1) is 7.94. The lowest BCUT2D eigenvalue weighted by Gasteiger charge is -2.23. The second kappa shape index (κ2) is 2.34. The molecule has 4 unspecified atom stereocenters. The number of carbonyl (C=O) groups is 1. The van der Waals surface area contributed by atoms with E-state index in [4.69, 9.17) is 9.47 Å². The number of carbonyl (C=O) groups excluding carboxylic acids is 1. The van der Waals surface area contributed by atoms with Crippen LogP contribution in [0.1, 0.15) is 26.2 Å². The van der Waals surface area contributed by atoms with Gasteiger partial charge in [-0.25, -0.2) is 0 Å². The predicted octanol–water partition coefficient (Wildman–Crippen LogP) is 0.912. The predicted molar refractivity (Wildman–Crippen MR) is 45.4 cm³/mol. The molecule has 0 bridgehead atoms. The third-order valence-electron chi connectivity index (χ3n) is 3.71. The van der Waals surface area contributed by atoms with Crippen LogP contribution >= 0.6 is 0 Å². The number of hydrogen-bond donors (Lipinski definition) is 0. The van der Waals surface area contributed by atoms with Crippen LogP contribution in [0.5, 0.6) is 0 Å². The fourth-order valence-corrected chi connectivity index (χ4v) is 2.63. The lowest BCUT2D eigenvalue weighted by molar-refractivity contribution is -0.124. The Morgan fingerprint density at radius 2 is 2.15 bits per heavy atom. The molecule has 2 heterocycles. The van der Waals surface area contributed by atoms with Crippen molar-refractivity contribution in [3.63, 3.8) is 0 Å². The average molecular weight is 182 g/mol. The Hall–Kier alpha value is -0.410. The third kappa shape index (κ3) is 1.07. The average Bonchev–Trinajstić information content (AvgIpc) is 2.99. The van der Waals surface area contributed by atoms with E-state index >= 15 is 0 Å². The Labute approximate surface area is 77.4 Å². The van der Waals surface area contributed by atoms with Crippen molar-refractivity contribution in [2.24, 2.45) is 5.92 Å². The van der Waals surface area contributed by atoms with Gasteiger partial charge < -0.3 is 9.47 Å². The molecule has 0 aromatic carbocycles. The second-order valence-electron chi connectivity index (χ2n) is 4.46. The van der Waals surface area contributed by atoms with E-state index in [0.29, 0.717) is 24.7 Å². The van der Waals surface area contributed by atoms with E-state index in [1.54, 1.807) is 6.92 Å². The van der Waals surface area contributed by atoms with Gasteiger partial charge in [-0.1, -0.05) is 0 Å². The van der Waals surface area contributed by atoms with Crippen molar-refractivity contribution >= 4 is 5.78 Å². The van der Waals surface area contributed by atoms with Crippen molar-refractivity contribution in [2.45, 2.75) is 44.0 Å². The first-order valence-electron chi connectivity index (χ1n) is 5.03. The van der Waals surface area contributed by atoms with Gasteiger partial charge in [-0.05, 0) is 26.2 Å². The molecule has 2 aliphatic heterocycles. The van der Waals surface area contributed by atoms with Crippen molar-refractivity contribution < 1.29 is 14.3 Å². The molecule has 0 amide bonds. The van der Waals surface area contributed by atoms with E-state index < -0.39 is 5.60 Å². The number of ketones is 1. The van der Waals surface area contributed by atoms with E-state index in [1.807, 2.05) is 0 Å². The zero-order valence-corrected chi connectivity index (χ0v) is 7.79. The largest absolute Gasteiger partial charge is 0.370 e. The maximum absolute atomic E-state index is 11.4. The number of epoxide rings is 2. The summed E-state index contributed by atoms with van der Waals surface area (Å²) < 4.78 is 10.8. The molecule has 3 nitrogen and oxygen atoms in total. The van der Waals surface area contributed by atoms with Crippen LogP contribution in [0.2, 0.25) is 0 Å². The molecule has 72 valence electrons. The van der Waals surface area contributed by atoms with E-state index in [2.05, 4.69) is 0 Å². The first-order valence-corrected chi connectivity index (χ1v) is 5.03. The number of rotatable bonds is 2. The summed E-state index contributed by atoms with van der Waals surface area (Å²) in [5, 5.41) is 0. The van der Waals surface area contributed by atoms with Gasteiger partial charge in [-0.3, -0.25) is 4.79 Å². The van der Waals surface area contributed by atoms with Crippen molar-refractivity contribution in [2.75, 3.05) is 6.61 Å². The minimum atomic E-state index is -0.392. The minimum absolute atomic E-state index is 0.205. The highest BCUT2D eigenvalue weighted by Crippen LogP contribution is 2.49. The van der Waals surface area contributed by atoms with Gasteiger partial charge in [0.1, 0.15) is 0 Å². The highest BCUT2D eigenvalue weighted by molar-refractivity contribution is 5.87. The van der Waals surface area contributed by atoms with Crippen LogP contribution < -0.4 is 0 Å². The van der Waals surface area contributed by atoms with Crippen molar-refractivity contribution in [3.05, 3.63) is 0 Å². The lowest BCUT2D eigenvalue weighted by atomic mass is 9.78. The van der Waals surface area contributed by atoms with Crippen LogP contribution in [0.4, 0.5) is 0 Å². The van der Waals surface area contributed by atoms with Crippen LogP contribution in [-0.4, -0.2) is 30.2 Å². The highest BCUT2D eigenvalue weighted by atomic mass is 16.6. The maximum atomic E-state index is 11.4. The van der Waals surface area contributed by atoms with Crippen molar-refractivity contribution in [1.82, 2.24) is 0 Å². The van der Waals surface area contributed by atoms with Gasteiger partial charge in [0.2, 0.25) is 0 Å². The Morgan fingerprint density at radius 1 is 1.38 bits per heavy atom. The monoisotopic (exact) mass is 182 g/mol. The summed E-state index contributed by atoms with van der Waals surface area (Å²) in [7, 11) is 0. The molecule has 0 aromatic rings. The van der Waals surface area contributed by atoms with E-state index in [9.17, 15) is 4.79 Å². The molecule has 2 saturated heterocycles. The van der Waals surface area contributed by atoms with Gasteiger partial charge in [-0.15, -0.1) is 0 Å². The molecule has 3 heteroatoms. The summed E-state index contributed by atoms with van der Waals surface area (Å²) >= 11 is 0. The van der Waals surface area contributed by atoms with Gasteiger partial charge in [0.05, 0.1) is 18.8 Å². The van der Waals surface area contributed by atoms with Crippen LogP contribution in [0, 0.1) is 5.92 Å². The van der Waals surface area contributed by atoms with Gasteiger partial charge in [-0.2, -0.15) is 0 Å². The van der Waals surface area contributed by atoms with E-state index in [1.165, 1.54) is 0 Å². The van der Waals surface area contributed by atoms with Gasteiger partial charge in [0, 0.05) is 5.92 Å². The second-order valence-corrected chi connectivity index (χ2v) is 4.46. The Morgan fingerprint density at radius 3 is 2.69 bits per heavy atom. The lowest BCUT2D eigenvalue weighted by Crippen LogP contribution is -2.35. The Balaban J connectivity index is 1.74. The molecule has 0 radical (unpaired) electrons. The molecule has 3 aliphatic rings. The van der Waals surface area contributed by atoms with Crippen LogP contribution in [0.15, 0.2) is 0 Å². The summed E-state index contributed by atoms with van der Waals surface area (Å²) in [5.74, 6) is 0.630. The summed E-state index contributed by atoms with van der Waals surface area (Å²) in [4.78, 5) is 11.4. The highest BCUT2D eigenvalue weighted by Gasteiger charge is 2.59. The van der Waals surface area contributed by atoms with Gasteiger partial charge in [0.15, 0.2) is 11.4 Å². The molecule has 1 aliphatic carbocycles. The molecule has 0 aromatic heterocycles. The number of Topliss-reactive ketones (excluding diaryl/α,β-unsaturated/α-hetero) is 1. The standard InChI is InChI=1S/C10H14O3/c1-6(11)10(5-12-10)7-2-3-8-9(4-7)13-8/h7-9H,2-5H2,1H3. The van der Waals surface area contributed by atoms with Crippen LogP contribution in [0.3, 0.4) is 0 Å². The summed E-state index contributed by atoms with van der Waals surface area (Å²) in [6.45, 7) is 2.29. The number of hydrogen-bond acceptors (Lipinski definition) is 3. The Bertz CT molecular complexity index is 257. The molecular weight excluding hydrogens is 168 g/mol. The fraction of sp³-hybridized carbons (Fsp3) is 0.900. The van der Waals surface area contributed by atoms with Crippen molar-refractivity contribution in [3.8, 4) is 0 Å². The smallest absolute Gasteiger partial charge is 0.164 e. The summed E-state index contributed by atoms with van der Waals surface area (Å²) in [6.07, 6.45) is 4.21.